The number of aromatic nitrogens is 1. The van der Waals surface area contributed by atoms with Crippen molar-refractivity contribution >= 4 is 28.9 Å². The van der Waals surface area contributed by atoms with Gasteiger partial charge in [0, 0.05) is 31.6 Å². The lowest BCUT2D eigenvalue weighted by Crippen LogP contribution is -2.44. The number of nitrogens with one attached hydrogen (secondary N) is 1. The summed E-state index contributed by atoms with van der Waals surface area (Å²) in [6.45, 7) is 8.71. The highest BCUT2D eigenvalue weighted by Gasteiger charge is 2.29. The molecule has 1 aliphatic rings. The molecule has 1 atom stereocenters. The first kappa shape index (κ1) is 27.9. The lowest BCUT2D eigenvalue weighted by Gasteiger charge is -2.33. The third-order valence-electron chi connectivity index (χ3n) is 7.15. The van der Waals surface area contributed by atoms with Crippen LogP contribution in [0.3, 0.4) is 0 Å². The van der Waals surface area contributed by atoms with Crippen LogP contribution in [0.15, 0.2) is 45.6 Å². The average molecular weight is 537 g/mol. The Hall–Kier alpha value is -4.08. The van der Waals surface area contributed by atoms with Crippen LogP contribution in [0.1, 0.15) is 50.3 Å². The highest BCUT2D eigenvalue weighted by Crippen LogP contribution is 2.25. The van der Waals surface area contributed by atoms with E-state index in [9.17, 15) is 19.5 Å². The molecule has 10 nitrogen and oxygen atoms in total. The number of likely N-dealkylation sites (tertiary alicyclic amines) is 1. The Bertz CT molecular complexity index is 1400. The molecule has 0 radical (unpaired) electrons. The Labute approximate surface area is 227 Å². The number of amides is 2. The maximum Gasteiger partial charge on any atom is 0.408 e. The van der Waals surface area contributed by atoms with E-state index < -0.39 is 23.3 Å². The molecule has 3 aromatic rings. The topological polar surface area (TPSA) is 125 Å². The van der Waals surface area contributed by atoms with E-state index in [2.05, 4.69) is 10.3 Å². The number of hydrogen-bond acceptors (Lipinski definition) is 7. The number of carboxylic acid groups (broad SMARTS) is 1. The van der Waals surface area contributed by atoms with E-state index in [-0.39, 0.29) is 23.9 Å². The molecule has 0 spiro atoms. The summed E-state index contributed by atoms with van der Waals surface area (Å²) < 4.78 is 10.8. The fourth-order valence-electron chi connectivity index (χ4n) is 4.86. The van der Waals surface area contributed by atoms with E-state index in [1.165, 1.54) is 4.90 Å². The third-order valence-corrected chi connectivity index (χ3v) is 7.15. The third kappa shape index (κ3) is 6.32. The van der Waals surface area contributed by atoms with Gasteiger partial charge in [0.2, 0.25) is 5.91 Å². The minimum atomic E-state index is -1.04. The molecule has 0 unspecified atom stereocenters. The number of methoxy groups -OCH3 is 1. The SMILES string of the molecule is COc1ccc(C[C@H](Nc2nc3ccc(CN(C(=O)O)C(C)(C)C)c(C)c3c(=O)o2)C(=O)N2CCCC2)cc1. The lowest BCUT2D eigenvalue weighted by atomic mass is 10.0. The Morgan fingerprint density at radius 1 is 1.15 bits per heavy atom. The number of hydrogen-bond donors (Lipinski definition) is 2. The van der Waals surface area contributed by atoms with E-state index in [1.807, 2.05) is 49.9 Å². The number of anilines is 1. The van der Waals surface area contributed by atoms with Crippen molar-refractivity contribution in [2.75, 3.05) is 25.5 Å². The van der Waals surface area contributed by atoms with Crippen LogP contribution in [0, 0.1) is 6.92 Å². The largest absolute Gasteiger partial charge is 0.497 e. The number of nitrogens with zero attached hydrogens (tertiary/aromatic N) is 3. The molecule has 1 aliphatic heterocycles. The first-order chi connectivity index (χ1) is 18.5. The van der Waals surface area contributed by atoms with Gasteiger partial charge in [-0.3, -0.25) is 9.69 Å². The number of carbonyl (C=O) groups is 2. The molecule has 2 heterocycles. The molecule has 4 rings (SSSR count). The minimum absolute atomic E-state index is 0.0347. The van der Waals surface area contributed by atoms with Crippen LogP contribution in [0.5, 0.6) is 5.75 Å². The quantitative estimate of drug-likeness (QED) is 0.433. The Balaban J connectivity index is 1.64. The zero-order chi connectivity index (χ0) is 28.3. The van der Waals surface area contributed by atoms with Crippen molar-refractivity contribution in [3.8, 4) is 5.75 Å². The van der Waals surface area contributed by atoms with Gasteiger partial charge in [0.15, 0.2) is 0 Å². The summed E-state index contributed by atoms with van der Waals surface area (Å²) >= 11 is 0. The van der Waals surface area contributed by atoms with E-state index in [0.717, 1.165) is 24.2 Å². The second kappa shape index (κ2) is 11.3. The van der Waals surface area contributed by atoms with Gasteiger partial charge < -0.3 is 24.5 Å². The van der Waals surface area contributed by atoms with Crippen LogP contribution in [0.25, 0.3) is 10.9 Å². The van der Waals surface area contributed by atoms with Crippen LogP contribution in [-0.2, 0) is 17.8 Å². The van der Waals surface area contributed by atoms with Gasteiger partial charge >= 0.3 is 11.7 Å². The monoisotopic (exact) mass is 536 g/mol. The Morgan fingerprint density at radius 2 is 1.82 bits per heavy atom. The highest BCUT2D eigenvalue weighted by atomic mass is 16.5. The van der Waals surface area contributed by atoms with Crippen molar-refractivity contribution in [2.24, 2.45) is 0 Å². The molecule has 10 heteroatoms. The highest BCUT2D eigenvalue weighted by molar-refractivity contribution is 5.86. The van der Waals surface area contributed by atoms with Gasteiger partial charge in [-0.05, 0) is 75.4 Å². The first-order valence-electron chi connectivity index (χ1n) is 13.1. The van der Waals surface area contributed by atoms with Crippen molar-refractivity contribution in [2.45, 2.75) is 65.1 Å². The number of rotatable bonds is 8. The summed E-state index contributed by atoms with van der Waals surface area (Å²) in [6, 6.07) is 10.2. The summed E-state index contributed by atoms with van der Waals surface area (Å²) in [5.74, 6) is 0.648. The van der Waals surface area contributed by atoms with Gasteiger partial charge in [-0.1, -0.05) is 18.2 Å². The predicted molar refractivity (Wildman–Crippen MR) is 148 cm³/mol. The molecule has 0 aliphatic carbocycles. The zero-order valence-corrected chi connectivity index (χ0v) is 23.1. The summed E-state index contributed by atoms with van der Waals surface area (Å²) in [5, 5.41) is 13.1. The molecule has 0 bridgehead atoms. The van der Waals surface area contributed by atoms with Crippen molar-refractivity contribution in [3.05, 3.63) is 63.5 Å². The van der Waals surface area contributed by atoms with Crippen LogP contribution >= 0.6 is 0 Å². The Kier molecular flexibility index (Phi) is 8.13. The van der Waals surface area contributed by atoms with Crippen LogP contribution < -0.4 is 15.7 Å². The zero-order valence-electron chi connectivity index (χ0n) is 23.1. The molecule has 0 saturated carbocycles. The van der Waals surface area contributed by atoms with Crippen molar-refractivity contribution in [1.82, 2.24) is 14.8 Å². The standard InChI is InChI=1S/C29H36N4O6/c1-18-20(17-33(28(36)37)29(2,3)4)10-13-22-24(18)26(35)39-27(30-22)31-23(25(34)32-14-6-7-15-32)16-19-8-11-21(38-5)12-9-19/h8-13,23H,6-7,14-17H2,1-5H3,(H,30,31)(H,36,37)/t23-/m0/s1. The van der Waals surface area contributed by atoms with Gasteiger partial charge in [0.05, 0.1) is 18.0 Å². The van der Waals surface area contributed by atoms with Crippen LogP contribution in [0.4, 0.5) is 10.8 Å². The summed E-state index contributed by atoms with van der Waals surface area (Å²) in [4.78, 5) is 46.0. The predicted octanol–water partition coefficient (Wildman–Crippen LogP) is 4.43. The summed E-state index contributed by atoms with van der Waals surface area (Å²) in [5.41, 5.74) is 1.41. The lowest BCUT2D eigenvalue weighted by molar-refractivity contribution is -0.131. The fourth-order valence-corrected chi connectivity index (χ4v) is 4.86. The maximum atomic E-state index is 13.4. The smallest absolute Gasteiger partial charge is 0.408 e. The maximum absolute atomic E-state index is 13.4. The summed E-state index contributed by atoms with van der Waals surface area (Å²) in [6.07, 6.45) is 1.25. The normalized spacial score (nSPS) is 14.3. The second-order valence-corrected chi connectivity index (χ2v) is 10.9. The Morgan fingerprint density at radius 3 is 2.41 bits per heavy atom. The molecule has 208 valence electrons. The number of ether oxygens (including phenoxy) is 1. The van der Waals surface area contributed by atoms with Gasteiger partial charge in [0.25, 0.3) is 6.01 Å². The molecular weight excluding hydrogens is 500 g/mol. The fraction of sp³-hybridized carbons (Fsp3) is 0.448. The number of carbonyl (C=O) groups excluding carboxylic acids is 1. The summed E-state index contributed by atoms with van der Waals surface area (Å²) in [7, 11) is 1.60. The van der Waals surface area contributed by atoms with E-state index in [1.54, 1.807) is 26.2 Å². The molecule has 39 heavy (non-hydrogen) atoms. The average Bonchev–Trinajstić information content (AvgIpc) is 3.42. The molecule has 2 amide bonds. The van der Waals surface area contributed by atoms with Crippen LogP contribution in [0.2, 0.25) is 0 Å². The molecule has 1 saturated heterocycles. The van der Waals surface area contributed by atoms with Crippen molar-refractivity contribution < 1.29 is 23.8 Å². The first-order valence-corrected chi connectivity index (χ1v) is 13.1. The van der Waals surface area contributed by atoms with Gasteiger partial charge in [-0.15, -0.1) is 0 Å². The molecule has 2 aromatic carbocycles. The number of aryl methyl sites for hydroxylation is 1. The van der Waals surface area contributed by atoms with Crippen molar-refractivity contribution in [3.63, 3.8) is 0 Å². The molecule has 1 aromatic heterocycles. The van der Waals surface area contributed by atoms with Gasteiger partial charge in [-0.25, -0.2) is 9.59 Å². The second-order valence-electron chi connectivity index (χ2n) is 10.9. The molecule has 2 N–H and O–H groups in total. The van der Waals surface area contributed by atoms with Crippen molar-refractivity contribution in [1.29, 1.82) is 0 Å². The molecular formula is C29H36N4O6. The van der Waals surface area contributed by atoms with Crippen LogP contribution in [-0.4, -0.2) is 63.7 Å². The minimum Gasteiger partial charge on any atom is -0.497 e. The number of benzene rings is 2. The van der Waals surface area contributed by atoms with E-state index in [4.69, 9.17) is 9.15 Å². The number of fused-ring (bicyclic) bond motifs is 1. The molecule has 1 fully saturated rings. The van der Waals surface area contributed by atoms with E-state index >= 15 is 0 Å². The van der Waals surface area contributed by atoms with Gasteiger partial charge in [-0.2, -0.15) is 4.98 Å². The van der Waals surface area contributed by atoms with E-state index in [0.29, 0.717) is 36.2 Å². The van der Waals surface area contributed by atoms with Gasteiger partial charge in [0.1, 0.15) is 11.8 Å².